The van der Waals surface area contributed by atoms with Crippen LogP contribution in [0.1, 0.15) is 40.5 Å². The summed E-state index contributed by atoms with van der Waals surface area (Å²) in [6.07, 6.45) is 5.22. The minimum Gasteiger partial charge on any atom is -0.466 e. The average molecular weight is 491 g/mol. The molecule has 1 aliphatic carbocycles. The first-order valence-electron chi connectivity index (χ1n) is 12.1. The molecule has 0 aromatic heterocycles. The van der Waals surface area contributed by atoms with E-state index < -0.39 is 41.7 Å². The van der Waals surface area contributed by atoms with Crippen LogP contribution in [0.3, 0.4) is 0 Å². The summed E-state index contributed by atoms with van der Waals surface area (Å²) in [7, 11) is 0. The Morgan fingerprint density at radius 2 is 1.91 bits per heavy atom. The fourth-order valence-corrected chi connectivity index (χ4v) is 5.52. The average Bonchev–Trinajstić information content (AvgIpc) is 3.12. The first-order valence-corrected chi connectivity index (χ1v) is 12.5. The zero-order valence-corrected chi connectivity index (χ0v) is 21.0. The number of aliphatic hydroxyl groups is 1. The van der Waals surface area contributed by atoms with Gasteiger partial charge in [0.15, 0.2) is 0 Å². The van der Waals surface area contributed by atoms with Gasteiger partial charge in [-0.15, -0.1) is 0 Å². The molecule has 0 saturated carbocycles. The first kappa shape index (κ1) is 26.2. The van der Waals surface area contributed by atoms with Crippen LogP contribution in [-0.4, -0.2) is 53.1 Å². The number of amides is 2. The Hall–Kier alpha value is -2.38. The number of carbonyl (C=O) groups excluding carboxylic acids is 3. The number of halogens is 1. The summed E-state index contributed by atoms with van der Waals surface area (Å²) < 4.78 is 5.36. The molecule has 0 unspecified atom stereocenters. The topological polar surface area (TPSA) is 95.9 Å². The van der Waals surface area contributed by atoms with Gasteiger partial charge in [0.25, 0.3) is 0 Å². The van der Waals surface area contributed by atoms with Gasteiger partial charge in [0.2, 0.25) is 11.8 Å². The smallest absolute Gasteiger partial charge is 0.310 e. The Labute approximate surface area is 206 Å². The van der Waals surface area contributed by atoms with Crippen LogP contribution in [0.15, 0.2) is 36.4 Å². The summed E-state index contributed by atoms with van der Waals surface area (Å²) in [5.74, 6) is -3.23. The molecule has 7 atom stereocenters. The van der Waals surface area contributed by atoms with Crippen molar-refractivity contribution in [2.75, 3.05) is 18.5 Å². The van der Waals surface area contributed by atoms with Crippen molar-refractivity contribution in [2.24, 2.45) is 29.6 Å². The van der Waals surface area contributed by atoms with Crippen LogP contribution in [-0.2, 0) is 19.1 Å². The highest BCUT2D eigenvalue weighted by molar-refractivity contribution is 6.33. The van der Waals surface area contributed by atoms with Gasteiger partial charge in [-0.05, 0) is 37.3 Å². The van der Waals surface area contributed by atoms with E-state index in [1.54, 1.807) is 31.2 Å². The summed E-state index contributed by atoms with van der Waals surface area (Å²) in [6.45, 7) is 7.58. The molecule has 2 amide bonds. The largest absolute Gasteiger partial charge is 0.466 e. The second-order valence-corrected chi connectivity index (χ2v) is 9.54. The molecule has 8 heteroatoms. The van der Waals surface area contributed by atoms with Gasteiger partial charge in [0, 0.05) is 5.92 Å². The van der Waals surface area contributed by atoms with E-state index in [-0.39, 0.29) is 31.0 Å². The number of allylic oxidation sites excluding steroid dienone is 1. The van der Waals surface area contributed by atoms with Crippen LogP contribution in [0.4, 0.5) is 5.69 Å². The molecule has 0 radical (unpaired) electrons. The number of ether oxygens (including phenoxy) is 1. The molecule has 1 fully saturated rings. The summed E-state index contributed by atoms with van der Waals surface area (Å²) in [5, 5.41) is 13.5. The molecule has 1 aliphatic heterocycles. The predicted octanol–water partition coefficient (Wildman–Crippen LogP) is 3.90. The molecule has 0 bridgehead atoms. The predicted molar refractivity (Wildman–Crippen MR) is 131 cm³/mol. The fraction of sp³-hybridized carbons (Fsp3) is 0.577. The normalized spacial score (nSPS) is 27.8. The summed E-state index contributed by atoms with van der Waals surface area (Å²) >= 11 is 6.27. The minimum atomic E-state index is -0.883. The van der Waals surface area contributed by atoms with E-state index in [0.29, 0.717) is 17.1 Å². The Kier molecular flexibility index (Phi) is 8.77. The number of aliphatic hydroxyl groups excluding tert-OH is 1. The molecule has 1 aromatic carbocycles. The van der Waals surface area contributed by atoms with Crippen LogP contribution in [0.5, 0.6) is 0 Å². The van der Waals surface area contributed by atoms with E-state index in [4.69, 9.17) is 16.3 Å². The number of esters is 1. The number of para-hydroxylation sites is 1. The molecular weight excluding hydrogens is 456 g/mol. The highest BCUT2D eigenvalue weighted by Crippen LogP contribution is 2.47. The summed E-state index contributed by atoms with van der Waals surface area (Å²) in [6, 6.07) is 5.47. The molecule has 3 rings (SSSR count). The quantitative estimate of drug-likeness (QED) is 0.404. The Morgan fingerprint density at radius 1 is 1.21 bits per heavy atom. The highest BCUT2D eigenvalue weighted by Gasteiger charge is 2.59. The van der Waals surface area contributed by atoms with Gasteiger partial charge in [-0.3, -0.25) is 14.4 Å². The molecule has 34 heavy (non-hydrogen) atoms. The lowest BCUT2D eigenvalue weighted by Crippen LogP contribution is -2.52. The van der Waals surface area contributed by atoms with E-state index in [9.17, 15) is 19.5 Å². The number of fused-ring (bicyclic) bond motifs is 1. The van der Waals surface area contributed by atoms with Gasteiger partial charge >= 0.3 is 5.97 Å². The van der Waals surface area contributed by atoms with Crippen molar-refractivity contribution in [3.63, 3.8) is 0 Å². The molecule has 0 spiro atoms. The van der Waals surface area contributed by atoms with Gasteiger partial charge in [-0.1, -0.05) is 63.1 Å². The number of hydrogen-bond acceptors (Lipinski definition) is 5. The maximum absolute atomic E-state index is 13.9. The second-order valence-electron chi connectivity index (χ2n) is 9.13. The van der Waals surface area contributed by atoms with Crippen molar-refractivity contribution in [1.82, 2.24) is 4.90 Å². The third-order valence-electron chi connectivity index (χ3n) is 7.32. The van der Waals surface area contributed by atoms with Crippen molar-refractivity contribution < 1.29 is 24.2 Å². The van der Waals surface area contributed by atoms with Crippen LogP contribution in [0.25, 0.3) is 0 Å². The van der Waals surface area contributed by atoms with E-state index in [1.165, 1.54) is 4.90 Å². The number of anilines is 1. The lowest BCUT2D eigenvalue weighted by Gasteiger charge is -2.36. The molecule has 2 N–H and O–H groups in total. The van der Waals surface area contributed by atoms with Crippen molar-refractivity contribution in [1.29, 1.82) is 0 Å². The van der Waals surface area contributed by atoms with Crippen molar-refractivity contribution in [2.45, 2.75) is 52.6 Å². The number of nitrogens with zero attached hydrogens (tertiary/aromatic N) is 1. The van der Waals surface area contributed by atoms with Crippen LogP contribution in [0, 0.1) is 29.6 Å². The molecule has 186 valence electrons. The minimum absolute atomic E-state index is 0.0447. The Balaban J connectivity index is 2.07. The second kappa shape index (κ2) is 11.4. The van der Waals surface area contributed by atoms with Crippen LogP contribution in [0.2, 0.25) is 5.02 Å². The van der Waals surface area contributed by atoms with Crippen molar-refractivity contribution in [3.05, 3.63) is 41.4 Å². The molecular formula is C26H35ClN2O5. The number of hydrogen-bond donors (Lipinski definition) is 2. The highest BCUT2D eigenvalue weighted by atomic mass is 35.5. The molecule has 1 heterocycles. The zero-order chi connectivity index (χ0) is 25.0. The number of rotatable bonds is 9. The van der Waals surface area contributed by atoms with Crippen LogP contribution < -0.4 is 5.32 Å². The fourth-order valence-electron chi connectivity index (χ4n) is 5.33. The van der Waals surface area contributed by atoms with Gasteiger partial charge < -0.3 is 20.1 Å². The standard InChI is InChI=1S/C26H35ClN2O5/c1-5-15(4)20(14-30)29-23(24(31)28-19-11-9-8-10-18(19)27)17-13-12-16(6-2)21(22(17)25(29)32)26(33)34-7-3/h8-13,15-17,20-23,30H,5-7,14H2,1-4H3,(H,28,31)/t15-,16+,17-,20-,21+,22+,23-/m0/s1. The monoisotopic (exact) mass is 490 g/mol. The first-order chi connectivity index (χ1) is 16.3. The molecule has 1 aromatic rings. The lowest BCUT2D eigenvalue weighted by molar-refractivity contribution is -0.156. The van der Waals surface area contributed by atoms with Crippen LogP contribution >= 0.6 is 11.6 Å². The number of carbonyl (C=O) groups is 3. The summed E-state index contributed by atoms with van der Waals surface area (Å²) in [4.78, 5) is 42.1. The van der Waals surface area contributed by atoms with Gasteiger partial charge in [-0.25, -0.2) is 0 Å². The molecule has 7 nitrogen and oxygen atoms in total. The van der Waals surface area contributed by atoms with Gasteiger partial charge in [0.05, 0.1) is 41.8 Å². The van der Waals surface area contributed by atoms with Gasteiger partial charge in [-0.2, -0.15) is 0 Å². The third-order valence-corrected chi connectivity index (χ3v) is 7.65. The van der Waals surface area contributed by atoms with E-state index in [1.807, 2.05) is 32.9 Å². The Morgan fingerprint density at radius 3 is 2.50 bits per heavy atom. The summed E-state index contributed by atoms with van der Waals surface area (Å²) in [5.41, 5.74) is 0.447. The van der Waals surface area contributed by atoms with E-state index >= 15 is 0 Å². The number of likely N-dealkylation sites (tertiary alicyclic amines) is 1. The SMILES string of the molecule is CCOC(=O)[C@H]1[C@@H]2C(=O)N([C@@H](CO)[C@@H](C)CC)[C@H](C(=O)Nc3ccccc3Cl)[C@H]2C=C[C@H]1CC. The van der Waals surface area contributed by atoms with E-state index in [0.717, 1.165) is 6.42 Å². The van der Waals surface area contributed by atoms with Gasteiger partial charge in [0.1, 0.15) is 6.04 Å². The van der Waals surface area contributed by atoms with Crippen molar-refractivity contribution in [3.8, 4) is 0 Å². The lowest BCUT2D eigenvalue weighted by atomic mass is 9.69. The zero-order valence-electron chi connectivity index (χ0n) is 20.2. The van der Waals surface area contributed by atoms with E-state index in [2.05, 4.69) is 5.32 Å². The molecule has 1 saturated heterocycles. The number of nitrogens with one attached hydrogen (secondary N) is 1. The molecule has 2 aliphatic rings. The third kappa shape index (κ3) is 4.86. The van der Waals surface area contributed by atoms with Crippen molar-refractivity contribution >= 4 is 35.1 Å². The maximum atomic E-state index is 13.9. The number of benzene rings is 1. The maximum Gasteiger partial charge on any atom is 0.310 e. The Bertz CT molecular complexity index is 936.